The van der Waals surface area contributed by atoms with Crippen molar-refractivity contribution in [2.45, 2.75) is 46.2 Å². The topological polar surface area (TPSA) is 72.7 Å². The largest absolute Gasteiger partial charge is 0.379 e. The molecule has 2 aliphatic rings. The minimum atomic E-state index is -0.376. The lowest BCUT2D eigenvalue weighted by Gasteiger charge is -2.32. The fourth-order valence-electron chi connectivity index (χ4n) is 5.09. The molecule has 2 aliphatic heterocycles. The number of nitriles is 1. The molecule has 174 valence electrons. The monoisotopic (exact) mass is 447 g/mol. The molecular weight excluding hydrogens is 414 g/mol. The van der Waals surface area contributed by atoms with Crippen molar-refractivity contribution in [3.05, 3.63) is 52.7 Å². The number of nitrogens with zero attached hydrogens (tertiary/aromatic N) is 5. The summed E-state index contributed by atoms with van der Waals surface area (Å²) in [4.78, 5) is 25.1. The Balaban J connectivity index is 1.73. The van der Waals surface area contributed by atoms with Crippen LogP contribution in [0.5, 0.6) is 0 Å². The molecule has 0 spiro atoms. The Hall–Kier alpha value is -2.95. The van der Waals surface area contributed by atoms with Gasteiger partial charge in [0.25, 0.3) is 0 Å². The summed E-state index contributed by atoms with van der Waals surface area (Å²) in [6.07, 6.45) is 0.709. The van der Waals surface area contributed by atoms with Gasteiger partial charge >= 0.3 is 0 Å². The Kier molecular flexibility index (Phi) is 6.96. The molecule has 2 fully saturated rings. The number of carbonyl (C=O) groups excluding carboxylic acids is 1. The summed E-state index contributed by atoms with van der Waals surface area (Å²) in [5.74, 6) is 0.688. The highest BCUT2D eigenvalue weighted by Gasteiger charge is 2.43. The number of rotatable bonds is 5. The van der Waals surface area contributed by atoms with Crippen LogP contribution >= 0.6 is 0 Å². The molecule has 2 saturated heterocycles. The molecule has 0 saturated carbocycles. The van der Waals surface area contributed by atoms with E-state index in [2.05, 4.69) is 21.9 Å². The van der Waals surface area contributed by atoms with Crippen molar-refractivity contribution in [1.82, 2.24) is 9.88 Å². The second kappa shape index (κ2) is 9.90. The number of hydrogen-bond acceptors (Lipinski definition) is 6. The van der Waals surface area contributed by atoms with Crippen LogP contribution in [-0.2, 0) is 9.53 Å². The van der Waals surface area contributed by atoms with Crippen molar-refractivity contribution >= 4 is 17.4 Å². The van der Waals surface area contributed by atoms with E-state index in [0.717, 1.165) is 35.6 Å². The third-order valence-electron chi connectivity index (χ3n) is 6.73. The number of morpholine rings is 1. The van der Waals surface area contributed by atoms with E-state index in [1.54, 1.807) is 0 Å². The maximum atomic E-state index is 14.0. The van der Waals surface area contributed by atoms with Crippen LogP contribution in [0, 0.1) is 32.1 Å². The van der Waals surface area contributed by atoms with Crippen molar-refractivity contribution in [3.63, 3.8) is 0 Å². The molecule has 0 aliphatic carbocycles. The van der Waals surface area contributed by atoms with Gasteiger partial charge in [-0.05, 0) is 63.4 Å². The van der Waals surface area contributed by atoms with Crippen molar-refractivity contribution in [2.24, 2.45) is 0 Å². The molecule has 2 atom stereocenters. The summed E-state index contributed by atoms with van der Waals surface area (Å²) in [5.41, 5.74) is 4.34. The van der Waals surface area contributed by atoms with Gasteiger partial charge in [0.15, 0.2) is 0 Å². The lowest BCUT2D eigenvalue weighted by Crippen LogP contribution is -2.46. The second-order valence-electron chi connectivity index (χ2n) is 9.02. The van der Waals surface area contributed by atoms with E-state index in [-0.39, 0.29) is 18.0 Å². The zero-order valence-corrected chi connectivity index (χ0v) is 20.0. The number of benzene rings is 1. The van der Waals surface area contributed by atoms with Gasteiger partial charge in [-0.25, -0.2) is 4.98 Å². The highest BCUT2D eigenvalue weighted by atomic mass is 16.5. The standard InChI is InChI=1S/C26H33N5O2/c1-5-30(21-8-6-7-18(2)13-21)26(32)24-15-22(29-9-11-33-12-10-29)17-31(24)25-23(16-27)19(3)14-20(4)28-25/h6-8,13-14,22,24H,5,9-12,15,17H2,1-4H3/t22-,24-/m0/s1. The average Bonchev–Trinajstić information content (AvgIpc) is 3.25. The summed E-state index contributed by atoms with van der Waals surface area (Å²) in [6.45, 7) is 12.3. The summed E-state index contributed by atoms with van der Waals surface area (Å²) in [7, 11) is 0. The van der Waals surface area contributed by atoms with Gasteiger partial charge in [0.1, 0.15) is 17.9 Å². The van der Waals surface area contributed by atoms with E-state index in [1.807, 2.05) is 56.9 Å². The Morgan fingerprint density at radius 2 is 2.00 bits per heavy atom. The van der Waals surface area contributed by atoms with Crippen LogP contribution in [-0.4, -0.2) is 67.3 Å². The van der Waals surface area contributed by atoms with E-state index < -0.39 is 0 Å². The van der Waals surface area contributed by atoms with Crippen molar-refractivity contribution in [1.29, 1.82) is 5.26 Å². The molecule has 1 amide bonds. The van der Waals surface area contributed by atoms with Gasteiger partial charge in [-0.2, -0.15) is 5.26 Å². The highest BCUT2D eigenvalue weighted by molar-refractivity contribution is 5.99. The summed E-state index contributed by atoms with van der Waals surface area (Å²) in [5, 5.41) is 9.91. The molecule has 1 aromatic carbocycles. The normalized spacial score (nSPS) is 21.1. The molecule has 3 heterocycles. The van der Waals surface area contributed by atoms with Gasteiger partial charge in [-0.1, -0.05) is 12.1 Å². The third-order valence-corrected chi connectivity index (χ3v) is 6.73. The number of ether oxygens (including phenoxy) is 1. The first-order valence-corrected chi connectivity index (χ1v) is 11.8. The van der Waals surface area contributed by atoms with E-state index in [1.165, 1.54) is 0 Å². The minimum Gasteiger partial charge on any atom is -0.379 e. The van der Waals surface area contributed by atoms with Crippen molar-refractivity contribution in [2.75, 3.05) is 49.2 Å². The Morgan fingerprint density at radius 1 is 1.24 bits per heavy atom. The number of aryl methyl sites for hydroxylation is 3. The lowest BCUT2D eigenvalue weighted by molar-refractivity contribution is -0.119. The van der Waals surface area contributed by atoms with E-state index >= 15 is 0 Å². The first kappa shape index (κ1) is 23.2. The van der Waals surface area contributed by atoms with Crippen molar-refractivity contribution in [3.8, 4) is 6.07 Å². The smallest absolute Gasteiger partial charge is 0.249 e. The van der Waals surface area contributed by atoms with Crippen LogP contribution in [0.3, 0.4) is 0 Å². The van der Waals surface area contributed by atoms with Gasteiger partial charge in [-0.15, -0.1) is 0 Å². The lowest BCUT2D eigenvalue weighted by atomic mass is 10.1. The second-order valence-corrected chi connectivity index (χ2v) is 9.02. The summed E-state index contributed by atoms with van der Waals surface area (Å²) < 4.78 is 5.55. The van der Waals surface area contributed by atoms with Crippen LogP contribution in [0.1, 0.15) is 35.7 Å². The SMILES string of the molecule is CCN(C(=O)[C@@H]1C[C@H](N2CCOCC2)CN1c1nc(C)cc(C)c1C#N)c1cccc(C)c1. The molecular formula is C26H33N5O2. The van der Waals surface area contributed by atoms with E-state index in [9.17, 15) is 10.1 Å². The van der Waals surface area contributed by atoms with Gasteiger partial charge in [0.05, 0.1) is 18.8 Å². The van der Waals surface area contributed by atoms with Crippen LogP contribution in [0.25, 0.3) is 0 Å². The molecule has 1 aromatic heterocycles. The number of aromatic nitrogens is 1. The molecule has 2 aromatic rings. The van der Waals surface area contributed by atoms with Crippen molar-refractivity contribution < 1.29 is 9.53 Å². The van der Waals surface area contributed by atoms with Gasteiger partial charge in [0, 0.05) is 43.6 Å². The van der Waals surface area contributed by atoms with E-state index in [0.29, 0.717) is 44.1 Å². The molecule has 33 heavy (non-hydrogen) atoms. The highest BCUT2D eigenvalue weighted by Crippen LogP contribution is 2.33. The van der Waals surface area contributed by atoms with Gasteiger partial charge in [-0.3, -0.25) is 9.69 Å². The molecule has 7 nitrogen and oxygen atoms in total. The van der Waals surface area contributed by atoms with Gasteiger partial charge in [0.2, 0.25) is 5.91 Å². The van der Waals surface area contributed by atoms with Crippen LogP contribution in [0.4, 0.5) is 11.5 Å². The zero-order valence-electron chi connectivity index (χ0n) is 20.0. The molecule has 0 unspecified atom stereocenters. The van der Waals surface area contributed by atoms with Gasteiger partial charge < -0.3 is 14.5 Å². The predicted octanol–water partition coefficient (Wildman–Crippen LogP) is 3.21. The first-order valence-electron chi connectivity index (χ1n) is 11.8. The average molecular weight is 448 g/mol. The number of carbonyl (C=O) groups is 1. The van der Waals surface area contributed by atoms with Crippen LogP contribution in [0.2, 0.25) is 0 Å². The zero-order chi connectivity index (χ0) is 23.5. The summed E-state index contributed by atoms with van der Waals surface area (Å²) in [6, 6.07) is 12.2. The quantitative estimate of drug-likeness (QED) is 0.701. The number of amides is 1. The molecule has 0 radical (unpaired) electrons. The maximum absolute atomic E-state index is 14.0. The fraction of sp³-hybridized carbons (Fsp3) is 0.500. The maximum Gasteiger partial charge on any atom is 0.249 e. The number of anilines is 2. The first-order chi connectivity index (χ1) is 15.9. The molecule has 4 rings (SSSR count). The van der Waals surface area contributed by atoms with E-state index in [4.69, 9.17) is 9.72 Å². The molecule has 7 heteroatoms. The number of likely N-dealkylation sites (N-methyl/N-ethyl adjacent to an activating group) is 1. The number of pyridine rings is 1. The van der Waals surface area contributed by atoms with Crippen LogP contribution < -0.4 is 9.80 Å². The third kappa shape index (κ3) is 4.73. The minimum absolute atomic E-state index is 0.0590. The fourth-order valence-corrected chi connectivity index (χ4v) is 5.09. The molecule has 0 N–H and O–H groups in total. The predicted molar refractivity (Wildman–Crippen MR) is 130 cm³/mol. The Labute approximate surface area is 196 Å². The van der Waals surface area contributed by atoms with Crippen LogP contribution in [0.15, 0.2) is 30.3 Å². The Morgan fingerprint density at radius 3 is 2.67 bits per heavy atom. The molecule has 0 bridgehead atoms. The number of hydrogen-bond donors (Lipinski definition) is 0. The summed E-state index contributed by atoms with van der Waals surface area (Å²) >= 11 is 0. The Bertz CT molecular complexity index is 1060.